The Morgan fingerprint density at radius 2 is 1.74 bits per heavy atom. The molecule has 2 amide bonds. The van der Waals surface area contributed by atoms with Crippen molar-refractivity contribution in [1.82, 2.24) is 5.32 Å². The summed E-state index contributed by atoms with van der Waals surface area (Å²) in [5.41, 5.74) is 1.83. The molecule has 3 aromatic carbocycles. The SMILES string of the molecule is O=C(NCc1ccc2c(c1)OCO2)c1ccccc1NS(=O)(=O)c1ccc(N2CCCC2=O)cc1. The van der Waals surface area contributed by atoms with Crippen molar-refractivity contribution in [2.24, 2.45) is 0 Å². The van der Waals surface area contributed by atoms with E-state index in [1.807, 2.05) is 6.07 Å². The Balaban J connectivity index is 1.29. The van der Waals surface area contributed by atoms with Gasteiger partial charge in [0, 0.05) is 25.2 Å². The highest BCUT2D eigenvalue weighted by Gasteiger charge is 2.23. The summed E-state index contributed by atoms with van der Waals surface area (Å²) in [4.78, 5) is 26.5. The Kier molecular flexibility index (Phi) is 6.04. The number of nitrogens with zero attached hydrogens (tertiary/aromatic N) is 1. The number of benzene rings is 3. The molecule has 3 aromatic rings. The number of hydrogen-bond donors (Lipinski definition) is 2. The van der Waals surface area contributed by atoms with Crippen molar-refractivity contribution < 1.29 is 27.5 Å². The maximum Gasteiger partial charge on any atom is 0.261 e. The van der Waals surface area contributed by atoms with Crippen molar-refractivity contribution in [2.75, 3.05) is 23.0 Å². The summed E-state index contributed by atoms with van der Waals surface area (Å²) in [6, 6.07) is 17.9. The molecule has 5 rings (SSSR count). The van der Waals surface area contributed by atoms with Gasteiger partial charge < -0.3 is 19.7 Å². The third-order valence-electron chi connectivity index (χ3n) is 5.84. The monoisotopic (exact) mass is 493 g/mol. The van der Waals surface area contributed by atoms with Gasteiger partial charge >= 0.3 is 0 Å². The summed E-state index contributed by atoms with van der Waals surface area (Å²) in [5.74, 6) is 0.869. The van der Waals surface area contributed by atoms with E-state index in [-0.39, 0.29) is 35.4 Å². The molecule has 180 valence electrons. The maximum absolute atomic E-state index is 13.0. The van der Waals surface area contributed by atoms with Crippen LogP contribution in [0.1, 0.15) is 28.8 Å². The Morgan fingerprint density at radius 3 is 2.51 bits per heavy atom. The first kappa shape index (κ1) is 22.7. The molecule has 2 aliphatic rings. The van der Waals surface area contributed by atoms with Crippen molar-refractivity contribution in [1.29, 1.82) is 0 Å². The van der Waals surface area contributed by atoms with Gasteiger partial charge in [0.2, 0.25) is 12.7 Å². The van der Waals surface area contributed by atoms with E-state index in [0.717, 1.165) is 12.0 Å². The maximum atomic E-state index is 13.0. The van der Waals surface area contributed by atoms with Gasteiger partial charge in [0.05, 0.1) is 16.1 Å². The van der Waals surface area contributed by atoms with Crippen molar-refractivity contribution in [2.45, 2.75) is 24.3 Å². The minimum absolute atomic E-state index is 0.0272. The molecule has 2 N–H and O–H groups in total. The number of rotatable bonds is 7. The second kappa shape index (κ2) is 9.30. The highest BCUT2D eigenvalue weighted by atomic mass is 32.2. The summed E-state index contributed by atoms with van der Waals surface area (Å²) in [7, 11) is -3.96. The lowest BCUT2D eigenvalue weighted by molar-refractivity contribution is -0.117. The second-order valence-electron chi connectivity index (χ2n) is 8.16. The predicted molar refractivity (Wildman–Crippen MR) is 129 cm³/mol. The van der Waals surface area contributed by atoms with E-state index in [1.54, 1.807) is 47.4 Å². The first-order valence-corrected chi connectivity index (χ1v) is 12.6. The first-order valence-electron chi connectivity index (χ1n) is 11.1. The molecule has 10 heteroatoms. The number of anilines is 2. The lowest BCUT2D eigenvalue weighted by atomic mass is 10.1. The molecule has 2 heterocycles. The van der Waals surface area contributed by atoms with Gasteiger partial charge in [-0.1, -0.05) is 18.2 Å². The van der Waals surface area contributed by atoms with Gasteiger partial charge in [-0.05, 0) is 60.5 Å². The summed E-state index contributed by atoms with van der Waals surface area (Å²) < 4.78 is 39.2. The number of sulfonamides is 1. The van der Waals surface area contributed by atoms with Crippen molar-refractivity contribution in [3.8, 4) is 11.5 Å². The van der Waals surface area contributed by atoms with E-state index in [1.165, 1.54) is 18.2 Å². The van der Waals surface area contributed by atoms with Crippen LogP contribution in [0.2, 0.25) is 0 Å². The molecule has 0 saturated carbocycles. The van der Waals surface area contributed by atoms with Crippen LogP contribution < -0.4 is 24.4 Å². The average molecular weight is 494 g/mol. The van der Waals surface area contributed by atoms with Crippen molar-refractivity contribution in [3.63, 3.8) is 0 Å². The minimum atomic E-state index is -3.96. The number of para-hydroxylation sites is 1. The normalized spacial score (nSPS) is 14.7. The quantitative estimate of drug-likeness (QED) is 0.522. The molecule has 0 unspecified atom stereocenters. The molecule has 2 aliphatic heterocycles. The third-order valence-corrected chi connectivity index (χ3v) is 7.22. The smallest absolute Gasteiger partial charge is 0.261 e. The Bertz CT molecular complexity index is 1390. The number of ether oxygens (including phenoxy) is 2. The van der Waals surface area contributed by atoms with Gasteiger partial charge in [-0.15, -0.1) is 0 Å². The minimum Gasteiger partial charge on any atom is -0.454 e. The molecule has 0 aliphatic carbocycles. The van der Waals surface area contributed by atoms with Gasteiger partial charge in [-0.25, -0.2) is 8.42 Å². The lowest BCUT2D eigenvalue weighted by Crippen LogP contribution is -2.25. The lowest BCUT2D eigenvalue weighted by Gasteiger charge is -2.16. The Labute approximate surface area is 202 Å². The molecule has 35 heavy (non-hydrogen) atoms. The van der Waals surface area contributed by atoms with E-state index < -0.39 is 15.9 Å². The number of amides is 2. The van der Waals surface area contributed by atoms with Crippen LogP contribution in [-0.4, -0.2) is 33.6 Å². The predicted octanol–water partition coefficient (Wildman–Crippen LogP) is 3.27. The van der Waals surface area contributed by atoms with Crippen molar-refractivity contribution >= 4 is 33.2 Å². The van der Waals surface area contributed by atoms with Crippen molar-refractivity contribution in [3.05, 3.63) is 77.9 Å². The zero-order valence-corrected chi connectivity index (χ0v) is 19.5. The second-order valence-corrected chi connectivity index (χ2v) is 9.85. The van der Waals surface area contributed by atoms with Crippen LogP contribution in [0.5, 0.6) is 11.5 Å². The Morgan fingerprint density at radius 1 is 0.971 bits per heavy atom. The highest BCUT2D eigenvalue weighted by molar-refractivity contribution is 7.92. The first-order chi connectivity index (χ1) is 16.9. The van der Waals surface area contributed by atoms with Crippen LogP contribution in [0, 0.1) is 0 Å². The van der Waals surface area contributed by atoms with E-state index >= 15 is 0 Å². The summed E-state index contributed by atoms with van der Waals surface area (Å²) in [6.45, 7) is 1.02. The number of hydrogen-bond acceptors (Lipinski definition) is 6. The largest absolute Gasteiger partial charge is 0.454 e. The fourth-order valence-electron chi connectivity index (χ4n) is 4.03. The number of nitrogens with one attached hydrogen (secondary N) is 2. The molecule has 0 bridgehead atoms. The number of carbonyl (C=O) groups is 2. The van der Waals surface area contributed by atoms with Crippen LogP contribution in [0.3, 0.4) is 0 Å². The van der Waals surface area contributed by atoms with Crippen LogP contribution in [-0.2, 0) is 21.4 Å². The van der Waals surface area contributed by atoms with E-state index in [4.69, 9.17) is 9.47 Å². The van der Waals surface area contributed by atoms with Gasteiger partial charge in [0.25, 0.3) is 15.9 Å². The van der Waals surface area contributed by atoms with Crippen LogP contribution in [0.4, 0.5) is 11.4 Å². The zero-order valence-electron chi connectivity index (χ0n) is 18.7. The van der Waals surface area contributed by atoms with Gasteiger partial charge in [0.1, 0.15) is 0 Å². The van der Waals surface area contributed by atoms with E-state index in [2.05, 4.69) is 10.0 Å². The van der Waals surface area contributed by atoms with Gasteiger partial charge in [-0.2, -0.15) is 0 Å². The molecule has 0 aromatic heterocycles. The fourth-order valence-corrected chi connectivity index (χ4v) is 5.11. The molecule has 0 radical (unpaired) electrons. The fraction of sp³-hybridized carbons (Fsp3) is 0.200. The summed E-state index contributed by atoms with van der Waals surface area (Å²) in [5, 5.41) is 2.81. The molecular weight excluding hydrogens is 470 g/mol. The summed E-state index contributed by atoms with van der Waals surface area (Å²) >= 11 is 0. The van der Waals surface area contributed by atoms with Crippen LogP contribution >= 0.6 is 0 Å². The highest BCUT2D eigenvalue weighted by Crippen LogP contribution is 2.32. The van der Waals surface area contributed by atoms with Crippen LogP contribution in [0.15, 0.2) is 71.6 Å². The Hall–Kier alpha value is -4.05. The molecule has 1 saturated heterocycles. The standard InChI is InChI=1S/C25H23N3O6S/c29-24-6-3-13-28(24)18-8-10-19(11-9-18)35(31,32)27-21-5-2-1-4-20(21)25(30)26-15-17-7-12-22-23(14-17)34-16-33-22/h1-2,4-5,7-12,14,27H,3,6,13,15-16H2,(H,26,30). The summed E-state index contributed by atoms with van der Waals surface area (Å²) in [6.07, 6.45) is 1.28. The zero-order chi connectivity index (χ0) is 24.4. The number of carbonyl (C=O) groups excluding carboxylic acids is 2. The van der Waals surface area contributed by atoms with Gasteiger partial charge in [0.15, 0.2) is 11.5 Å². The van der Waals surface area contributed by atoms with E-state index in [0.29, 0.717) is 30.2 Å². The third kappa shape index (κ3) is 4.78. The van der Waals surface area contributed by atoms with E-state index in [9.17, 15) is 18.0 Å². The van der Waals surface area contributed by atoms with Gasteiger partial charge in [-0.3, -0.25) is 14.3 Å². The molecular formula is C25H23N3O6S. The number of fused-ring (bicyclic) bond motifs is 1. The molecule has 1 fully saturated rings. The molecule has 0 spiro atoms. The topological polar surface area (TPSA) is 114 Å². The molecule has 9 nitrogen and oxygen atoms in total. The molecule has 0 atom stereocenters. The van der Waals surface area contributed by atoms with Crippen LogP contribution in [0.25, 0.3) is 0 Å². The average Bonchev–Trinajstić information content (AvgIpc) is 3.51.